The molecule has 0 aliphatic carbocycles. The lowest BCUT2D eigenvalue weighted by atomic mass is 10.1. The average Bonchev–Trinajstić information content (AvgIpc) is 2.98. The highest BCUT2D eigenvalue weighted by Crippen LogP contribution is 2.26. The van der Waals surface area contributed by atoms with Gasteiger partial charge in [0.2, 0.25) is 5.88 Å². The van der Waals surface area contributed by atoms with Gasteiger partial charge in [0, 0.05) is 6.20 Å². The normalized spacial score (nSPS) is 10.7. The molecule has 3 rings (SSSR count). The molecule has 18 heavy (non-hydrogen) atoms. The molecule has 2 aromatic heterocycles. The van der Waals surface area contributed by atoms with E-state index < -0.39 is 0 Å². The van der Waals surface area contributed by atoms with E-state index in [1.54, 1.807) is 6.20 Å². The maximum absolute atomic E-state index is 5.71. The number of nitrogen functional groups attached to an aromatic ring is 1. The van der Waals surface area contributed by atoms with Crippen molar-refractivity contribution in [3.8, 4) is 16.8 Å². The smallest absolute Gasteiger partial charge is 0.229 e. The molecule has 2 N–H and O–H groups in total. The van der Waals surface area contributed by atoms with Crippen LogP contribution in [0.4, 0.5) is 5.88 Å². The first-order valence-corrected chi connectivity index (χ1v) is 5.56. The minimum Gasteiger partial charge on any atom is -0.367 e. The molecule has 5 heteroatoms. The Balaban J connectivity index is 2.07. The fourth-order valence-corrected chi connectivity index (χ4v) is 1.84. The summed E-state index contributed by atoms with van der Waals surface area (Å²) in [6, 6.07) is 7.89. The van der Waals surface area contributed by atoms with Crippen LogP contribution in [0, 0.1) is 6.92 Å². The summed E-state index contributed by atoms with van der Waals surface area (Å²) < 4.78 is 6.70. The molecule has 0 fully saturated rings. The Morgan fingerprint density at radius 1 is 1.28 bits per heavy atom. The van der Waals surface area contributed by atoms with Gasteiger partial charge in [0.05, 0.1) is 23.6 Å². The second kappa shape index (κ2) is 4.03. The van der Waals surface area contributed by atoms with Crippen molar-refractivity contribution in [2.24, 2.45) is 0 Å². The highest BCUT2D eigenvalue weighted by molar-refractivity contribution is 5.73. The van der Waals surface area contributed by atoms with Crippen molar-refractivity contribution in [1.29, 1.82) is 0 Å². The van der Waals surface area contributed by atoms with E-state index in [9.17, 15) is 0 Å². The molecule has 0 bridgehead atoms. The number of nitrogens with zero attached hydrogens (tertiary/aromatic N) is 3. The summed E-state index contributed by atoms with van der Waals surface area (Å²) in [5.74, 6) is 0.323. The number of benzene rings is 1. The molecular formula is C13H12N4O. The number of rotatable bonds is 2. The van der Waals surface area contributed by atoms with Crippen molar-refractivity contribution in [3.63, 3.8) is 0 Å². The Morgan fingerprint density at radius 3 is 2.83 bits per heavy atom. The van der Waals surface area contributed by atoms with E-state index in [0.717, 1.165) is 22.4 Å². The van der Waals surface area contributed by atoms with E-state index >= 15 is 0 Å². The van der Waals surface area contributed by atoms with Crippen molar-refractivity contribution in [2.75, 3.05) is 5.73 Å². The van der Waals surface area contributed by atoms with Gasteiger partial charge in [0.15, 0.2) is 0 Å². The zero-order valence-electron chi connectivity index (χ0n) is 9.87. The van der Waals surface area contributed by atoms with Crippen LogP contribution in [0.5, 0.6) is 0 Å². The summed E-state index contributed by atoms with van der Waals surface area (Å²) in [5, 5.41) is 7.96. The monoisotopic (exact) mass is 240 g/mol. The molecule has 1 aromatic carbocycles. The van der Waals surface area contributed by atoms with Gasteiger partial charge in [-0.1, -0.05) is 17.3 Å². The lowest BCUT2D eigenvalue weighted by Crippen LogP contribution is -1.94. The Labute approximate surface area is 104 Å². The Morgan fingerprint density at radius 2 is 2.17 bits per heavy atom. The Kier molecular flexibility index (Phi) is 2.37. The Bertz CT molecular complexity index is 684. The SMILES string of the molecule is Cc1cnn(-c2cccc(-c3cnoc3N)c2)c1. The zero-order chi connectivity index (χ0) is 12.5. The summed E-state index contributed by atoms with van der Waals surface area (Å²) in [4.78, 5) is 0. The fraction of sp³-hybridized carbons (Fsp3) is 0.0769. The van der Waals surface area contributed by atoms with E-state index in [4.69, 9.17) is 10.3 Å². The molecule has 2 heterocycles. The highest BCUT2D eigenvalue weighted by Gasteiger charge is 2.08. The molecule has 0 radical (unpaired) electrons. The van der Waals surface area contributed by atoms with Gasteiger partial charge in [-0.25, -0.2) is 4.68 Å². The van der Waals surface area contributed by atoms with Crippen molar-refractivity contribution < 1.29 is 4.52 Å². The quantitative estimate of drug-likeness (QED) is 0.746. The predicted octanol–water partition coefficient (Wildman–Crippen LogP) is 2.42. The van der Waals surface area contributed by atoms with Gasteiger partial charge in [-0.2, -0.15) is 5.10 Å². The van der Waals surface area contributed by atoms with E-state index in [1.165, 1.54) is 0 Å². The van der Waals surface area contributed by atoms with Crippen LogP contribution >= 0.6 is 0 Å². The van der Waals surface area contributed by atoms with Crippen molar-refractivity contribution in [1.82, 2.24) is 14.9 Å². The Hall–Kier alpha value is -2.56. The molecule has 0 spiro atoms. The minimum absolute atomic E-state index is 0.323. The van der Waals surface area contributed by atoms with Crippen LogP contribution in [-0.4, -0.2) is 14.9 Å². The number of hydrogen-bond acceptors (Lipinski definition) is 4. The first-order valence-electron chi connectivity index (χ1n) is 5.56. The van der Waals surface area contributed by atoms with Gasteiger partial charge in [-0.15, -0.1) is 0 Å². The number of aromatic nitrogens is 3. The van der Waals surface area contributed by atoms with Gasteiger partial charge >= 0.3 is 0 Å². The third-order valence-electron chi connectivity index (χ3n) is 2.73. The first kappa shape index (κ1) is 10.6. The highest BCUT2D eigenvalue weighted by atomic mass is 16.5. The van der Waals surface area contributed by atoms with Crippen LogP contribution in [0.25, 0.3) is 16.8 Å². The van der Waals surface area contributed by atoms with Crippen LogP contribution in [0.2, 0.25) is 0 Å². The third-order valence-corrected chi connectivity index (χ3v) is 2.73. The average molecular weight is 240 g/mol. The topological polar surface area (TPSA) is 69.9 Å². The molecule has 5 nitrogen and oxygen atoms in total. The molecule has 3 aromatic rings. The van der Waals surface area contributed by atoms with Gasteiger partial charge in [-0.05, 0) is 30.2 Å². The molecule has 0 aliphatic heterocycles. The summed E-state index contributed by atoms with van der Waals surface area (Å²) >= 11 is 0. The van der Waals surface area contributed by atoms with Crippen LogP contribution in [-0.2, 0) is 0 Å². The number of aryl methyl sites for hydroxylation is 1. The van der Waals surface area contributed by atoms with Gasteiger partial charge in [-0.3, -0.25) is 0 Å². The van der Waals surface area contributed by atoms with Crippen LogP contribution < -0.4 is 5.73 Å². The molecule has 0 aliphatic rings. The third kappa shape index (κ3) is 1.75. The fourth-order valence-electron chi connectivity index (χ4n) is 1.84. The molecule has 90 valence electrons. The summed E-state index contributed by atoms with van der Waals surface area (Å²) in [6.07, 6.45) is 5.40. The van der Waals surface area contributed by atoms with Gasteiger partial charge < -0.3 is 10.3 Å². The molecule has 0 amide bonds. The maximum Gasteiger partial charge on any atom is 0.229 e. The lowest BCUT2D eigenvalue weighted by Gasteiger charge is -2.04. The van der Waals surface area contributed by atoms with Gasteiger partial charge in [0.25, 0.3) is 0 Å². The number of nitrogens with two attached hydrogens (primary N) is 1. The second-order valence-corrected chi connectivity index (χ2v) is 4.12. The molecular weight excluding hydrogens is 228 g/mol. The van der Waals surface area contributed by atoms with Crippen LogP contribution in [0.3, 0.4) is 0 Å². The molecule has 0 unspecified atom stereocenters. The van der Waals surface area contributed by atoms with Crippen LogP contribution in [0.15, 0.2) is 47.4 Å². The maximum atomic E-state index is 5.71. The van der Waals surface area contributed by atoms with Crippen molar-refractivity contribution in [3.05, 3.63) is 48.4 Å². The van der Waals surface area contributed by atoms with E-state index in [2.05, 4.69) is 10.3 Å². The zero-order valence-corrected chi connectivity index (χ0v) is 9.87. The number of anilines is 1. The van der Waals surface area contributed by atoms with Crippen molar-refractivity contribution >= 4 is 5.88 Å². The van der Waals surface area contributed by atoms with Crippen molar-refractivity contribution in [2.45, 2.75) is 6.92 Å². The molecule has 0 saturated heterocycles. The summed E-state index contributed by atoms with van der Waals surface area (Å²) in [7, 11) is 0. The predicted molar refractivity (Wildman–Crippen MR) is 68.2 cm³/mol. The summed E-state index contributed by atoms with van der Waals surface area (Å²) in [5.41, 5.74) is 9.55. The van der Waals surface area contributed by atoms with E-state index in [0.29, 0.717) is 5.88 Å². The van der Waals surface area contributed by atoms with Crippen LogP contribution in [0.1, 0.15) is 5.56 Å². The lowest BCUT2D eigenvalue weighted by molar-refractivity contribution is 0.436. The summed E-state index contributed by atoms with van der Waals surface area (Å²) in [6.45, 7) is 2.01. The minimum atomic E-state index is 0.323. The first-order chi connectivity index (χ1) is 8.74. The van der Waals surface area contributed by atoms with E-state index in [1.807, 2.05) is 48.3 Å². The van der Waals surface area contributed by atoms with E-state index in [-0.39, 0.29) is 0 Å². The largest absolute Gasteiger partial charge is 0.367 e. The van der Waals surface area contributed by atoms with Gasteiger partial charge in [0.1, 0.15) is 0 Å². The molecule has 0 atom stereocenters. The molecule has 0 saturated carbocycles. The second-order valence-electron chi connectivity index (χ2n) is 4.12. The number of hydrogen-bond donors (Lipinski definition) is 1. The standard InChI is InChI=1S/C13H12N4O/c1-9-6-15-17(8-9)11-4-2-3-10(5-11)12-7-16-18-13(12)14/h2-8H,14H2,1H3.